The molecule has 0 atom stereocenters. The summed E-state index contributed by atoms with van der Waals surface area (Å²) in [5.41, 5.74) is 2.15. The van der Waals surface area contributed by atoms with Crippen LogP contribution in [0.15, 0.2) is 41.8 Å². The van der Waals surface area contributed by atoms with Crippen molar-refractivity contribution in [3.05, 3.63) is 73.7 Å². The summed E-state index contributed by atoms with van der Waals surface area (Å²) < 4.78 is 20.2. The fourth-order valence-corrected chi connectivity index (χ4v) is 5.05. The van der Waals surface area contributed by atoms with E-state index in [0.29, 0.717) is 42.5 Å². The molecule has 2 aromatic carbocycles. The first-order chi connectivity index (χ1) is 14.9. The standard InChI is InChI=1S/C21H16FN3O4S2/c1-11-6-7-12(8-16(11)25(27)28)15-10-30-21(23-15)24-20(26)19-13(9-29-2)18-14(22)4-3-5-17(18)31-19/h3-8,10H,9H2,1-2H3,(H,23,24,26). The van der Waals surface area contributed by atoms with Gasteiger partial charge in [0.15, 0.2) is 5.13 Å². The number of nitrogens with zero attached hydrogens (tertiary/aromatic N) is 2. The van der Waals surface area contributed by atoms with Crippen LogP contribution in [0.2, 0.25) is 0 Å². The third kappa shape index (κ3) is 4.05. The molecular formula is C21H16FN3O4S2. The van der Waals surface area contributed by atoms with Crippen LogP contribution >= 0.6 is 22.7 Å². The molecule has 0 spiro atoms. The molecule has 0 saturated carbocycles. The first kappa shape index (κ1) is 21.0. The monoisotopic (exact) mass is 457 g/mol. The van der Waals surface area contributed by atoms with Gasteiger partial charge >= 0.3 is 0 Å². The third-order valence-electron chi connectivity index (χ3n) is 4.68. The Balaban J connectivity index is 1.63. The van der Waals surface area contributed by atoms with E-state index in [4.69, 9.17) is 4.74 Å². The highest BCUT2D eigenvalue weighted by molar-refractivity contribution is 7.21. The van der Waals surface area contributed by atoms with Crippen LogP contribution in [0.5, 0.6) is 0 Å². The van der Waals surface area contributed by atoms with E-state index in [1.165, 1.54) is 41.9 Å². The fraction of sp³-hybridized carbons (Fsp3) is 0.143. The smallest absolute Gasteiger partial charge is 0.272 e. The third-order valence-corrected chi connectivity index (χ3v) is 6.64. The number of amides is 1. The number of ether oxygens (including phenoxy) is 1. The topological polar surface area (TPSA) is 94.4 Å². The Morgan fingerprint density at radius 1 is 1.32 bits per heavy atom. The molecule has 0 aliphatic carbocycles. The highest BCUT2D eigenvalue weighted by atomic mass is 32.1. The second-order valence-electron chi connectivity index (χ2n) is 6.71. The van der Waals surface area contributed by atoms with Crippen LogP contribution in [0.4, 0.5) is 15.2 Å². The minimum absolute atomic E-state index is 0.00703. The van der Waals surface area contributed by atoms with E-state index in [9.17, 15) is 19.3 Å². The number of carbonyl (C=O) groups excluding carboxylic acids is 1. The molecule has 10 heteroatoms. The predicted molar refractivity (Wildman–Crippen MR) is 119 cm³/mol. The molecular weight excluding hydrogens is 441 g/mol. The Kier molecular flexibility index (Phi) is 5.77. The number of thiazole rings is 1. The molecule has 0 bridgehead atoms. The maximum atomic E-state index is 14.3. The second-order valence-corrected chi connectivity index (χ2v) is 8.62. The van der Waals surface area contributed by atoms with Crippen molar-refractivity contribution >= 4 is 49.5 Å². The van der Waals surface area contributed by atoms with Gasteiger partial charge in [-0.2, -0.15) is 0 Å². The van der Waals surface area contributed by atoms with Gasteiger partial charge in [-0.05, 0) is 19.1 Å². The lowest BCUT2D eigenvalue weighted by molar-refractivity contribution is -0.385. The molecule has 4 rings (SSSR count). The van der Waals surface area contributed by atoms with Gasteiger partial charge in [0, 0.05) is 45.3 Å². The van der Waals surface area contributed by atoms with Crippen molar-refractivity contribution in [2.45, 2.75) is 13.5 Å². The summed E-state index contributed by atoms with van der Waals surface area (Å²) in [6, 6.07) is 9.57. The lowest BCUT2D eigenvalue weighted by Crippen LogP contribution is -2.12. The Labute approximate surface area is 184 Å². The molecule has 2 aromatic heterocycles. The van der Waals surface area contributed by atoms with Crippen LogP contribution in [0, 0.1) is 22.9 Å². The first-order valence-corrected chi connectivity index (χ1v) is 10.8. The predicted octanol–water partition coefficient (Wildman–Crippen LogP) is 5.78. The number of thiophene rings is 1. The van der Waals surface area contributed by atoms with Crippen LogP contribution in [0.3, 0.4) is 0 Å². The number of nitro groups is 1. The van der Waals surface area contributed by atoms with Gasteiger partial charge in [-0.1, -0.05) is 18.2 Å². The van der Waals surface area contributed by atoms with Crippen LogP contribution in [0.25, 0.3) is 21.3 Å². The lowest BCUT2D eigenvalue weighted by Gasteiger charge is -2.04. The zero-order valence-electron chi connectivity index (χ0n) is 16.5. The SMILES string of the molecule is COCc1c(C(=O)Nc2nc(-c3ccc(C)c([N+](=O)[O-])c3)cs2)sc2cccc(F)c12. The number of halogens is 1. The molecule has 0 unspecified atom stereocenters. The highest BCUT2D eigenvalue weighted by Crippen LogP contribution is 2.35. The average Bonchev–Trinajstić information content (AvgIpc) is 3.34. The number of benzene rings is 2. The molecule has 158 valence electrons. The van der Waals surface area contributed by atoms with Crippen LogP contribution < -0.4 is 5.32 Å². The van der Waals surface area contributed by atoms with E-state index in [1.54, 1.807) is 36.6 Å². The van der Waals surface area contributed by atoms with Gasteiger partial charge in [0.1, 0.15) is 5.82 Å². The van der Waals surface area contributed by atoms with Crippen LogP contribution in [-0.2, 0) is 11.3 Å². The van der Waals surface area contributed by atoms with Gasteiger partial charge < -0.3 is 4.74 Å². The number of methoxy groups -OCH3 is 1. The number of nitrogens with one attached hydrogen (secondary N) is 1. The number of hydrogen-bond acceptors (Lipinski definition) is 7. The summed E-state index contributed by atoms with van der Waals surface area (Å²) in [5.74, 6) is -0.819. The zero-order valence-corrected chi connectivity index (χ0v) is 18.1. The number of rotatable bonds is 6. The van der Waals surface area contributed by atoms with Crippen molar-refractivity contribution < 1.29 is 18.8 Å². The second kappa shape index (κ2) is 8.50. The van der Waals surface area contributed by atoms with Crippen molar-refractivity contribution in [3.8, 4) is 11.3 Å². The van der Waals surface area contributed by atoms with Crippen molar-refractivity contribution in [2.75, 3.05) is 12.4 Å². The number of hydrogen-bond donors (Lipinski definition) is 1. The van der Waals surface area contributed by atoms with E-state index < -0.39 is 16.6 Å². The summed E-state index contributed by atoms with van der Waals surface area (Å²) in [6.07, 6.45) is 0. The van der Waals surface area contributed by atoms with E-state index in [2.05, 4.69) is 10.3 Å². The van der Waals surface area contributed by atoms with E-state index >= 15 is 0 Å². The molecule has 1 amide bonds. The van der Waals surface area contributed by atoms with Gasteiger partial charge in [0.25, 0.3) is 11.6 Å². The van der Waals surface area contributed by atoms with Gasteiger partial charge in [-0.3, -0.25) is 20.2 Å². The van der Waals surface area contributed by atoms with Crippen LogP contribution in [0.1, 0.15) is 20.8 Å². The fourth-order valence-electron chi connectivity index (χ4n) is 3.22. The largest absolute Gasteiger partial charge is 0.380 e. The molecule has 31 heavy (non-hydrogen) atoms. The summed E-state index contributed by atoms with van der Waals surface area (Å²) in [7, 11) is 1.49. The maximum Gasteiger partial charge on any atom is 0.272 e. The minimum atomic E-state index is -0.439. The maximum absolute atomic E-state index is 14.3. The number of anilines is 1. The summed E-state index contributed by atoms with van der Waals surface area (Å²) in [6.45, 7) is 1.76. The van der Waals surface area contributed by atoms with Gasteiger partial charge in [0.2, 0.25) is 0 Å². The number of nitro benzene ring substituents is 1. The number of carbonyl (C=O) groups is 1. The van der Waals surface area contributed by atoms with Crippen molar-refractivity contribution in [3.63, 3.8) is 0 Å². The molecule has 2 heterocycles. The molecule has 0 aliphatic heterocycles. The Bertz CT molecular complexity index is 1320. The quantitative estimate of drug-likeness (QED) is 0.293. The molecule has 0 radical (unpaired) electrons. The zero-order chi connectivity index (χ0) is 22.1. The Morgan fingerprint density at radius 3 is 2.87 bits per heavy atom. The molecule has 0 aliphatic rings. The molecule has 1 N–H and O–H groups in total. The number of aromatic nitrogens is 1. The first-order valence-electron chi connectivity index (χ1n) is 9.10. The number of fused-ring (bicyclic) bond motifs is 1. The summed E-state index contributed by atoms with van der Waals surface area (Å²) >= 11 is 2.39. The molecule has 0 saturated heterocycles. The van der Waals surface area contributed by atoms with Crippen molar-refractivity contribution in [1.82, 2.24) is 4.98 Å². The average molecular weight is 458 g/mol. The highest BCUT2D eigenvalue weighted by Gasteiger charge is 2.22. The van der Waals surface area contributed by atoms with E-state index in [-0.39, 0.29) is 12.3 Å². The van der Waals surface area contributed by atoms with Crippen molar-refractivity contribution in [1.29, 1.82) is 0 Å². The van der Waals surface area contributed by atoms with Crippen molar-refractivity contribution in [2.24, 2.45) is 0 Å². The summed E-state index contributed by atoms with van der Waals surface area (Å²) in [4.78, 5) is 28.4. The summed E-state index contributed by atoms with van der Waals surface area (Å²) in [5, 5.41) is 16.4. The minimum Gasteiger partial charge on any atom is -0.380 e. The molecule has 0 fully saturated rings. The Hall–Kier alpha value is -3.21. The lowest BCUT2D eigenvalue weighted by atomic mass is 10.1. The van der Waals surface area contributed by atoms with Gasteiger partial charge in [0.05, 0.1) is 22.1 Å². The van der Waals surface area contributed by atoms with Gasteiger partial charge in [-0.25, -0.2) is 9.37 Å². The van der Waals surface area contributed by atoms with E-state index in [1.807, 2.05) is 0 Å². The van der Waals surface area contributed by atoms with Crippen LogP contribution in [-0.4, -0.2) is 22.9 Å². The molecule has 7 nitrogen and oxygen atoms in total. The number of aryl methyl sites for hydroxylation is 1. The van der Waals surface area contributed by atoms with E-state index in [0.717, 1.165) is 0 Å². The molecule has 4 aromatic rings. The van der Waals surface area contributed by atoms with Gasteiger partial charge in [-0.15, -0.1) is 22.7 Å². The Morgan fingerprint density at radius 2 is 2.13 bits per heavy atom. The normalized spacial score (nSPS) is 11.1.